The van der Waals surface area contributed by atoms with Gasteiger partial charge in [0.25, 0.3) is 0 Å². The standard InChI is InChI=1S/C14H20ClFN2O4S/c15-13-11-12(1-2-14(13)16)23(20,21)18-5-3-17(4-6-18)7-9-22-10-8-19/h1-2,11,19H,3-10H2. The molecule has 9 heteroatoms. The molecule has 2 rings (SSSR count). The van der Waals surface area contributed by atoms with Gasteiger partial charge in [0, 0.05) is 32.7 Å². The van der Waals surface area contributed by atoms with Gasteiger partial charge >= 0.3 is 0 Å². The number of hydrogen-bond acceptors (Lipinski definition) is 5. The van der Waals surface area contributed by atoms with Crippen molar-refractivity contribution in [2.45, 2.75) is 4.90 Å². The summed E-state index contributed by atoms with van der Waals surface area (Å²) in [5.74, 6) is -0.640. The van der Waals surface area contributed by atoms with Crippen molar-refractivity contribution in [3.8, 4) is 0 Å². The summed E-state index contributed by atoms with van der Waals surface area (Å²) >= 11 is 5.67. The minimum Gasteiger partial charge on any atom is -0.394 e. The fourth-order valence-corrected chi connectivity index (χ4v) is 4.03. The Morgan fingerprint density at radius 2 is 1.91 bits per heavy atom. The second kappa shape index (κ2) is 8.36. The molecule has 0 atom stereocenters. The molecule has 0 unspecified atom stereocenters. The topological polar surface area (TPSA) is 70.1 Å². The second-order valence-electron chi connectivity index (χ2n) is 5.16. The molecule has 130 valence electrons. The Morgan fingerprint density at radius 3 is 2.52 bits per heavy atom. The number of ether oxygens (including phenoxy) is 1. The number of nitrogens with zero attached hydrogens (tertiary/aromatic N) is 2. The number of rotatable bonds is 7. The summed E-state index contributed by atoms with van der Waals surface area (Å²) in [4.78, 5) is 2.10. The van der Waals surface area contributed by atoms with Crippen LogP contribution in [0.4, 0.5) is 4.39 Å². The van der Waals surface area contributed by atoms with Gasteiger partial charge in [0.05, 0.1) is 29.7 Å². The van der Waals surface area contributed by atoms with E-state index >= 15 is 0 Å². The van der Waals surface area contributed by atoms with Crippen molar-refractivity contribution in [3.63, 3.8) is 0 Å². The van der Waals surface area contributed by atoms with E-state index < -0.39 is 15.8 Å². The molecule has 23 heavy (non-hydrogen) atoms. The van der Waals surface area contributed by atoms with Crippen LogP contribution in [0.25, 0.3) is 0 Å². The molecule has 1 aromatic rings. The molecule has 1 fully saturated rings. The summed E-state index contributed by atoms with van der Waals surface area (Å²) in [6.45, 7) is 3.39. The van der Waals surface area contributed by atoms with E-state index in [1.165, 1.54) is 10.4 Å². The van der Waals surface area contributed by atoms with E-state index in [1.807, 2.05) is 0 Å². The molecule has 1 saturated heterocycles. The summed E-state index contributed by atoms with van der Waals surface area (Å²) in [5, 5.41) is 8.42. The maximum Gasteiger partial charge on any atom is 0.243 e. The number of sulfonamides is 1. The van der Waals surface area contributed by atoms with Crippen LogP contribution in [-0.4, -0.2) is 75.3 Å². The lowest BCUT2D eigenvalue weighted by Crippen LogP contribution is -2.49. The Balaban J connectivity index is 1.92. The Morgan fingerprint density at radius 1 is 1.22 bits per heavy atom. The van der Waals surface area contributed by atoms with E-state index in [0.717, 1.165) is 12.1 Å². The maximum absolute atomic E-state index is 13.2. The smallest absolute Gasteiger partial charge is 0.243 e. The van der Waals surface area contributed by atoms with Crippen molar-refractivity contribution in [1.82, 2.24) is 9.21 Å². The Bertz CT molecular complexity index is 621. The maximum atomic E-state index is 13.2. The first-order chi connectivity index (χ1) is 10.9. The Kier molecular flexibility index (Phi) is 6.75. The quantitative estimate of drug-likeness (QED) is 0.723. The molecule has 1 aliphatic heterocycles. The molecule has 1 heterocycles. The molecule has 0 aromatic heterocycles. The van der Waals surface area contributed by atoms with Gasteiger partial charge in [0.2, 0.25) is 10.0 Å². The molecular formula is C14H20ClFN2O4S. The number of aliphatic hydroxyl groups is 1. The third kappa shape index (κ3) is 4.85. The summed E-state index contributed by atoms with van der Waals surface area (Å²) in [5.41, 5.74) is 0. The molecule has 0 spiro atoms. The van der Waals surface area contributed by atoms with Gasteiger partial charge in [-0.2, -0.15) is 4.31 Å². The van der Waals surface area contributed by atoms with Crippen molar-refractivity contribution in [2.75, 3.05) is 52.5 Å². The molecule has 0 aliphatic carbocycles. The first-order valence-electron chi connectivity index (χ1n) is 7.31. The highest BCUT2D eigenvalue weighted by atomic mass is 35.5. The third-order valence-electron chi connectivity index (χ3n) is 3.65. The van der Waals surface area contributed by atoms with Crippen LogP contribution >= 0.6 is 11.6 Å². The molecule has 0 amide bonds. The number of benzene rings is 1. The lowest BCUT2D eigenvalue weighted by atomic mass is 10.3. The van der Waals surface area contributed by atoms with Crippen LogP contribution in [0.15, 0.2) is 23.1 Å². The van der Waals surface area contributed by atoms with Crippen LogP contribution in [0.1, 0.15) is 0 Å². The van der Waals surface area contributed by atoms with E-state index in [9.17, 15) is 12.8 Å². The van der Waals surface area contributed by atoms with Crippen LogP contribution in [0.5, 0.6) is 0 Å². The number of hydrogen-bond donors (Lipinski definition) is 1. The lowest BCUT2D eigenvalue weighted by molar-refractivity contribution is 0.0661. The zero-order valence-corrected chi connectivity index (χ0v) is 14.2. The monoisotopic (exact) mass is 366 g/mol. The predicted octanol–water partition coefficient (Wildman–Crippen LogP) is 0.794. The summed E-state index contributed by atoms with van der Waals surface area (Å²) < 4.78 is 44.8. The number of piperazine rings is 1. The van der Waals surface area contributed by atoms with E-state index in [-0.39, 0.29) is 16.5 Å². The molecule has 1 aromatic carbocycles. The van der Waals surface area contributed by atoms with E-state index in [2.05, 4.69) is 4.90 Å². The number of aliphatic hydroxyl groups excluding tert-OH is 1. The summed E-state index contributed by atoms with van der Waals surface area (Å²) in [6, 6.07) is 3.43. The fraction of sp³-hybridized carbons (Fsp3) is 0.571. The van der Waals surface area contributed by atoms with Crippen LogP contribution in [0.3, 0.4) is 0 Å². The SMILES string of the molecule is O=S(=O)(c1ccc(F)c(Cl)c1)N1CCN(CCOCCO)CC1. The summed E-state index contributed by atoms with van der Waals surface area (Å²) in [7, 11) is -3.66. The first-order valence-corrected chi connectivity index (χ1v) is 9.13. The lowest BCUT2D eigenvalue weighted by Gasteiger charge is -2.33. The van der Waals surface area contributed by atoms with Crippen molar-refractivity contribution in [1.29, 1.82) is 0 Å². The van der Waals surface area contributed by atoms with E-state index in [1.54, 1.807) is 0 Å². The van der Waals surface area contributed by atoms with Crippen LogP contribution in [-0.2, 0) is 14.8 Å². The van der Waals surface area contributed by atoms with Gasteiger partial charge in [-0.25, -0.2) is 12.8 Å². The van der Waals surface area contributed by atoms with E-state index in [0.29, 0.717) is 45.9 Å². The molecule has 6 nitrogen and oxygen atoms in total. The minimum absolute atomic E-state index is 0.00336. The minimum atomic E-state index is -3.66. The average Bonchev–Trinajstić information content (AvgIpc) is 2.54. The molecule has 0 radical (unpaired) electrons. The highest BCUT2D eigenvalue weighted by Gasteiger charge is 2.28. The zero-order valence-electron chi connectivity index (χ0n) is 12.6. The third-order valence-corrected chi connectivity index (χ3v) is 5.83. The van der Waals surface area contributed by atoms with Gasteiger partial charge in [-0.15, -0.1) is 0 Å². The predicted molar refractivity (Wildman–Crippen MR) is 84.5 cm³/mol. The Labute approximate surface area is 140 Å². The largest absolute Gasteiger partial charge is 0.394 e. The van der Waals surface area contributed by atoms with Crippen molar-refractivity contribution < 1.29 is 22.7 Å². The van der Waals surface area contributed by atoms with Crippen LogP contribution in [0, 0.1) is 5.82 Å². The van der Waals surface area contributed by atoms with Gasteiger partial charge in [0.1, 0.15) is 5.82 Å². The van der Waals surface area contributed by atoms with Crippen molar-refractivity contribution in [2.24, 2.45) is 0 Å². The van der Waals surface area contributed by atoms with Gasteiger partial charge in [-0.05, 0) is 18.2 Å². The van der Waals surface area contributed by atoms with E-state index in [4.69, 9.17) is 21.4 Å². The van der Waals surface area contributed by atoms with Gasteiger partial charge < -0.3 is 9.84 Å². The second-order valence-corrected chi connectivity index (χ2v) is 7.50. The number of halogens is 2. The van der Waals surface area contributed by atoms with Crippen LogP contribution < -0.4 is 0 Å². The van der Waals surface area contributed by atoms with Crippen molar-refractivity contribution in [3.05, 3.63) is 29.0 Å². The highest BCUT2D eigenvalue weighted by Crippen LogP contribution is 2.23. The molecule has 0 bridgehead atoms. The van der Waals surface area contributed by atoms with Crippen LogP contribution in [0.2, 0.25) is 5.02 Å². The highest BCUT2D eigenvalue weighted by molar-refractivity contribution is 7.89. The van der Waals surface area contributed by atoms with Gasteiger partial charge in [-0.3, -0.25) is 4.90 Å². The van der Waals surface area contributed by atoms with Crippen molar-refractivity contribution >= 4 is 21.6 Å². The molecule has 1 N–H and O–H groups in total. The normalized spacial score (nSPS) is 17.5. The van der Waals surface area contributed by atoms with Gasteiger partial charge in [0.15, 0.2) is 0 Å². The zero-order chi connectivity index (χ0) is 16.9. The molecular weight excluding hydrogens is 347 g/mol. The van der Waals surface area contributed by atoms with Gasteiger partial charge in [-0.1, -0.05) is 11.6 Å². The molecule has 0 saturated carbocycles. The molecule has 1 aliphatic rings. The average molecular weight is 367 g/mol. The fourth-order valence-electron chi connectivity index (χ4n) is 2.34. The summed E-state index contributed by atoms with van der Waals surface area (Å²) in [6.07, 6.45) is 0. The Hall–Kier alpha value is -0.770. The first kappa shape index (κ1) is 18.6.